The van der Waals surface area contributed by atoms with Crippen LogP contribution < -0.4 is 5.32 Å². The molecule has 2 nitrogen and oxygen atoms in total. The summed E-state index contributed by atoms with van der Waals surface area (Å²) in [6, 6.07) is 6.45. The maximum atomic E-state index is 11.7. The van der Waals surface area contributed by atoms with Crippen molar-refractivity contribution in [2.24, 2.45) is 0 Å². The molecule has 0 aliphatic heterocycles. The summed E-state index contributed by atoms with van der Waals surface area (Å²) in [5, 5.41) is 2.97. The maximum absolute atomic E-state index is 11.7. The van der Waals surface area contributed by atoms with Crippen molar-refractivity contribution in [2.75, 3.05) is 0 Å². The van der Waals surface area contributed by atoms with E-state index in [0.29, 0.717) is 6.42 Å². The first-order chi connectivity index (χ1) is 7.52. The van der Waals surface area contributed by atoms with Crippen LogP contribution in [0.25, 0.3) is 0 Å². The van der Waals surface area contributed by atoms with Gasteiger partial charge in [-0.15, -0.1) is 0 Å². The second-order valence-electron chi connectivity index (χ2n) is 4.47. The number of nitrogens with one attached hydrogen (secondary N) is 1. The summed E-state index contributed by atoms with van der Waals surface area (Å²) in [6.45, 7) is 8.25. The van der Waals surface area contributed by atoms with Gasteiger partial charge in [0.25, 0.3) is 0 Å². The molecule has 1 atom stereocenters. The molecule has 0 aliphatic rings. The topological polar surface area (TPSA) is 29.1 Å². The Kier molecular flexibility index (Phi) is 4.53. The van der Waals surface area contributed by atoms with Crippen LogP contribution >= 0.6 is 0 Å². The van der Waals surface area contributed by atoms with Gasteiger partial charge in [0.05, 0.1) is 6.42 Å². The van der Waals surface area contributed by atoms with Gasteiger partial charge in [-0.3, -0.25) is 4.79 Å². The van der Waals surface area contributed by atoms with E-state index in [1.807, 2.05) is 13.0 Å². The summed E-state index contributed by atoms with van der Waals surface area (Å²) in [7, 11) is 0. The molecule has 88 valence electrons. The van der Waals surface area contributed by atoms with Crippen LogP contribution in [0.1, 0.15) is 37.0 Å². The minimum atomic E-state index is 0.109. The molecule has 2 heteroatoms. The fourth-order valence-electron chi connectivity index (χ4n) is 1.53. The zero-order valence-electron chi connectivity index (χ0n) is 10.6. The zero-order chi connectivity index (χ0) is 12.1. The van der Waals surface area contributed by atoms with Gasteiger partial charge in [0.1, 0.15) is 0 Å². The average molecular weight is 219 g/mol. The van der Waals surface area contributed by atoms with Crippen LogP contribution in [0.2, 0.25) is 0 Å². The van der Waals surface area contributed by atoms with Crippen molar-refractivity contribution in [3.63, 3.8) is 0 Å². The van der Waals surface area contributed by atoms with E-state index < -0.39 is 0 Å². The summed E-state index contributed by atoms with van der Waals surface area (Å²) in [5.74, 6) is 0.109. The Morgan fingerprint density at radius 2 is 2.00 bits per heavy atom. The fraction of sp³-hybridized carbons (Fsp3) is 0.500. The smallest absolute Gasteiger partial charge is 0.224 e. The van der Waals surface area contributed by atoms with Crippen LogP contribution in [0.15, 0.2) is 18.2 Å². The average Bonchev–Trinajstić information content (AvgIpc) is 2.23. The first-order valence-corrected chi connectivity index (χ1v) is 5.88. The molecular formula is C14H21NO. The number of aryl methyl sites for hydroxylation is 2. The van der Waals surface area contributed by atoms with Crippen molar-refractivity contribution in [3.05, 3.63) is 34.9 Å². The quantitative estimate of drug-likeness (QED) is 0.829. The Morgan fingerprint density at radius 3 is 2.56 bits per heavy atom. The lowest BCUT2D eigenvalue weighted by Crippen LogP contribution is -2.33. The van der Waals surface area contributed by atoms with Gasteiger partial charge in [0.15, 0.2) is 0 Å². The van der Waals surface area contributed by atoms with E-state index in [9.17, 15) is 4.79 Å². The number of rotatable bonds is 4. The summed E-state index contributed by atoms with van der Waals surface area (Å²) >= 11 is 0. The Bertz CT molecular complexity index is 371. The Labute approximate surface area is 98.1 Å². The lowest BCUT2D eigenvalue weighted by atomic mass is 10.0. The van der Waals surface area contributed by atoms with E-state index in [1.54, 1.807) is 0 Å². The van der Waals surface area contributed by atoms with Gasteiger partial charge < -0.3 is 5.32 Å². The van der Waals surface area contributed by atoms with Gasteiger partial charge in [-0.2, -0.15) is 0 Å². The highest BCUT2D eigenvalue weighted by atomic mass is 16.1. The number of amides is 1. The van der Waals surface area contributed by atoms with Gasteiger partial charge >= 0.3 is 0 Å². The van der Waals surface area contributed by atoms with Crippen molar-refractivity contribution in [3.8, 4) is 0 Å². The molecular weight excluding hydrogens is 198 g/mol. The van der Waals surface area contributed by atoms with Crippen molar-refractivity contribution in [1.82, 2.24) is 5.32 Å². The first-order valence-electron chi connectivity index (χ1n) is 5.88. The monoisotopic (exact) mass is 219 g/mol. The summed E-state index contributed by atoms with van der Waals surface area (Å²) in [5.41, 5.74) is 3.60. The Hall–Kier alpha value is -1.31. The third-order valence-electron chi connectivity index (χ3n) is 2.96. The number of hydrogen-bond acceptors (Lipinski definition) is 1. The van der Waals surface area contributed by atoms with Crippen LogP contribution in [0.5, 0.6) is 0 Å². The molecule has 0 heterocycles. The van der Waals surface area contributed by atoms with E-state index >= 15 is 0 Å². The molecule has 0 bridgehead atoms. The van der Waals surface area contributed by atoms with Crippen LogP contribution in [0, 0.1) is 13.8 Å². The second kappa shape index (κ2) is 5.69. The summed E-state index contributed by atoms with van der Waals surface area (Å²) in [6.07, 6.45) is 1.45. The SMILES string of the molecule is CCC(C)NC(=O)Cc1ccc(C)c(C)c1. The highest BCUT2D eigenvalue weighted by molar-refractivity contribution is 5.78. The van der Waals surface area contributed by atoms with E-state index in [1.165, 1.54) is 11.1 Å². The fourth-order valence-corrected chi connectivity index (χ4v) is 1.53. The number of carbonyl (C=O) groups is 1. The lowest BCUT2D eigenvalue weighted by Gasteiger charge is -2.11. The van der Waals surface area contributed by atoms with Crippen molar-refractivity contribution in [1.29, 1.82) is 0 Å². The zero-order valence-corrected chi connectivity index (χ0v) is 10.6. The van der Waals surface area contributed by atoms with Crippen LogP contribution in [0.4, 0.5) is 0 Å². The van der Waals surface area contributed by atoms with E-state index in [2.05, 4.69) is 38.2 Å². The third kappa shape index (κ3) is 3.69. The van der Waals surface area contributed by atoms with Gasteiger partial charge in [-0.05, 0) is 43.9 Å². The number of hydrogen-bond donors (Lipinski definition) is 1. The van der Waals surface area contributed by atoms with Crippen molar-refractivity contribution >= 4 is 5.91 Å². The molecule has 1 aromatic rings. The van der Waals surface area contributed by atoms with Gasteiger partial charge in [0.2, 0.25) is 5.91 Å². The molecule has 0 saturated carbocycles. The van der Waals surface area contributed by atoms with Gasteiger partial charge in [-0.1, -0.05) is 25.1 Å². The summed E-state index contributed by atoms with van der Waals surface area (Å²) < 4.78 is 0. The summed E-state index contributed by atoms with van der Waals surface area (Å²) in [4.78, 5) is 11.7. The normalized spacial score (nSPS) is 12.2. The maximum Gasteiger partial charge on any atom is 0.224 e. The third-order valence-corrected chi connectivity index (χ3v) is 2.96. The molecule has 0 saturated heterocycles. The molecule has 0 aliphatic carbocycles. The van der Waals surface area contributed by atoms with Gasteiger partial charge in [-0.25, -0.2) is 0 Å². The Morgan fingerprint density at radius 1 is 1.31 bits per heavy atom. The minimum absolute atomic E-state index is 0.109. The predicted molar refractivity (Wildman–Crippen MR) is 67.5 cm³/mol. The molecule has 1 aromatic carbocycles. The molecule has 1 amide bonds. The highest BCUT2D eigenvalue weighted by Gasteiger charge is 2.06. The Balaban J connectivity index is 2.59. The molecule has 0 radical (unpaired) electrons. The second-order valence-corrected chi connectivity index (χ2v) is 4.47. The number of benzene rings is 1. The van der Waals surface area contributed by atoms with Crippen LogP contribution in [0.3, 0.4) is 0 Å². The molecule has 1 N–H and O–H groups in total. The van der Waals surface area contributed by atoms with Gasteiger partial charge in [0, 0.05) is 6.04 Å². The van der Waals surface area contributed by atoms with Crippen LogP contribution in [-0.4, -0.2) is 11.9 Å². The molecule has 1 unspecified atom stereocenters. The minimum Gasteiger partial charge on any atom is -0.353 e. The van der Waals surface area contributed by atoms with E-state index in [4.69, 9.17) is 0 Å². The molecule has 0 fully saturated rings. The molecule has 0 spiro atoms. The van der Waals surface area contributed by atoms with Crippen molar-refractivity contribution in [2.45, 2.75) is 46.6 Å². The van der Waals surface area contributed by atoms with Crippen LogP contribution in [-0.2, 0) is 11.2 Å². The first kappa shape index (κ1) is 12.8. The molecule has 16 heavy (non-hydrogen) atoms. The standard InChI is InChI=1S/C14H21NO/c1-5-12(4)15-14(16)9-13-7-6-10(2)11(3)8-13/h6-8,12H,5,9H2,1-4H3,(H,15,16). The highest BCUT2D eigenvalue weighted by Crippen LogP contribution is 2.10. The van der Waals surface area contributed by atoms with Crippen molar-refractivity contribution < 1.29 is 4.79 Å². The lowest BCUT2D eigenvalue weighted by molar-refractivity contribution is -0.121. The largest absolute Gasteiger partial charge is 0.353 e. The molecule has 0 aromatic heterocycles. The molecule has 1 rings (SSSR count). The predicted octanol–water partition coefficient (Wildman–Crippen LogP) is 2.76. The van der Waals surface area contributed by atoms with E-state index in [0.717, 1.165) is 12.0 Å². The number of carbonyl (C=O) groups excluding carboxylic acids is 1. The van der Waals surface area contributed by atoms with E-state index in [-0.39, 0.29) is 11.9 Å².